The van der Waals surface area contributed by atoms with E-state index in [2.05, 4.69) is 24.3 Å². The van der Waals surface area contributed by atoms with Crippen LogP contribution in [0.5, 0.6) is 0 Å². The van der Waals surface area contributed by atoms with Crippen molar-refractivity contribution in [3.8, 4) is 0 Å². The van der Waals surface area contributed by atoms with Crippen LogP contribution in [0.15, 0.2) is 30.3 Å². The van der Waals surface area contributed by atoms with Crippen molar-refractivity contribution in [2.24, 2.45) is 0 Å². The van der Waals surface area contributed by atoms with E-state index >= 15 is 0 Å². The third kappa shape index (κ3) is 2.11. The van der Waals surface area contributed by atoms with E-state index in [1.807, 2.05) is 6.07 Å². The minimum absolute atomic E-state index is 0. The fraction of sp³-hybridized carbons (Fsp3) is 0.500. The fourth-order valence-corrected chi connectivity index (χ4v) is 3.02. The van der Waals surface area contributed by atoms with Crippen LogP contribution in [0.25, 0.3) is 0 Å². The van der Waals surface area contributed by atoms with Gasteiger partial charge in [0.25, 0.3) is 0 Å². The van der Waals surface area contributed by atoms with Gasteiger partial charge in [0.2, 0.25) is 0 Å². The maximum absolute atomic E-state index is 6.06. The molecule has 2 fully saturated rings. The number of quaternary nitrogens is 1. The summed E-state index contributed by atoms with van der Waals surface area (Å²) < 4.78 is 12.1. The van der Waals surface area contributed by atoms with Crippen LogP contribution < -0.4 is 10.3 Å². The lowest BCUT2D eigenvalue weighted by Crippen LogP contribution is -3.28. The molecular formula is C12H20BNO3. The number of fused-ring (bicyclic) bond motifs is 1. The zero-order chi connectivity index (χ0) is 10.8. The molecule has 0 saturated carbocycles. The summed E-state index contributed by atoms with van der Waals surface area (Å²) in [4.78, 5) is 1.49. The molecule has 1 aromatic rings. The lowest BCUT2D eigenvalue weighted by atomic mass is 9.59. The van der Waals surface area contributed by atoms with Gasteiger partial charge in [-0.15, -0.1) is 0 Å². The molecule has 5 heteroatoms. The van der Waals surface area contributed by atoms with Gasteiger partial charge >= 0.3 is 6.69 Å². The SMILES string of the molecule is O.c1ccc([B-]23OCCC[NH+]2CCCO3)cc1. The van der Waals surface area contributed by atoms with Crippen molar-refractivity contribution >= 4 is 12.1 Å². The van der Waals surface area contributed by atoms with E-state index < -0.39 is 6.69 Å². The highest BCUT2D eigenvalue weighted by Gasteiger charge is 2.47. The summed E-state index contributed by atoms with van der Waals surface area (Å²) in [5.74, 6) is 0. The summed E-state index contributed by atoms with van der Waals surface area (Å²) in [5, 5.41) is 0. The van der Waals surface area contributed by atoms with Crippen molar-refractivity contribution in [3.05, 3.63) is 30.3 Å². The van der Waals surface area contributed by atoms with Crippen LogP contribution in [-0.4, -0.2) is 38.5 Å². The highest BCUT2D eigenvalue weighted by atomic mass is 16.6. The Kier molecular flexibility index (Phi) is 3.84. The standard InChI is InChI=1S/C12H18BNO2.H2O/c1-2-6-12(7-3-1)13-14(8-4-10-15-13)9-5-11-16-13;/h1-3,6-7,14H,4-5,8-11H2;1H2. The maximum atomic E-state index is 6.06. The van der Waals surface area contributed by atoms with Gasteiger partial charge in [0.15, 0.2) is 0 Å². The Labute approximate surface area is 102 Å². The number of rotatable bonds is 1. The Hall–Kier alpha value is -0.875. The van der Waals surface area contributed by atoms with Gasteiger partial charge in [0, 0.05) is 39.1 Å². The summed E-state index contributed by atoms with van der Waals surface area (Å²) >= 11 is 0. The Balaban J connectivity index is 0.00000108. The minimum atomic E-state index is -1.26. The van der Waals surface area contributed by atoms with E-state index in [0.29, 0.717) is 0 Å². The molecule has 94 valence electrons. The predicted molar refractivity (Wildman–Crippen MR) is 67.3 cm³/mol. The molecule has 0 unspecified atom stereocenters. The topological polar surface area (TPSA) is 54.4 Å². The average Bonchev–Trinajstić information content (AvgIpc) is 2.40. The normalized spacial score (nSPS) is 32.4. The van der Waals surface area contributed by atoms with Crippen LogP contribution in [0.2, 0.25) is 0 Å². The first-order chi connectivity index (χ1) is 7.92. The molecule has 1 aromatic carbocycles. The molecule has 0 atom stereocenters. The van der Waals surface area contributed by atoms with Gasteiger partial charge in [-0.1, -0.05) is 35.8 Å². The van der Waals surface area contributed by atoms with Crippen LogP contribution in [0, 0.1) is 0 Å². The highest BCUT2D eigenvalue weighted by molar-refractivity contribution is 6.73. The second-order valence-electron chi connectivity index (χ2n) is 4.73. The Morgan fingerprint density at radius 1 is 0.941 bits per heavy atom. The van der Waals surface area contributed by atoms with Crippen molar-refractivity contribution in [1.29, 1.82) is 0 Å². The lowest BCUT2D eigenvalue weighted by Gasteiger charge is -2.52. The van der Waals surface area contributed by atoms with Gasteiger partial charge in [0.1, 0.15) is 0 Å². The smallest absolute Gasteiger partial charge is 0.500 e. The van der Waals surface area contributed by atoms with Gasteiger partial charge < -0.3 is 19.6 Å². The molecule has 17 heavy (non-hydrogen) atoms. The van der Waals surface area contributed by atoms with Crippen LogP contribution >= 0.6 is 0 Å². The Morgan fingerprint density at radius 3 is 2.12 bits per heavy atom. The molecule has 2 aliphatic heterocycles. The van der Waals surface area contributed by atoms with Crippen molar-refractivity contribution in [2.45, 2.75) is 12.8 Å². The third-order valence-corrected chi connectivity index (χ3v) is 3.77. The third-order valence-electron chi connectivity index (χ3n) is 3.77. The van der Waals surface area contributed by atoms with Gasteiger partial charge in [-0.3, -0.25) is 0 Å². The summed E-state index contributed by atoms with van der Waals surface area (Å²) in [7, 11) is 0. The van der Waals surface area contributed by atoms with Gasteiger partial charge in [-0.25, -0.2) is 0 Å². The minimum Gasteiger partial charge on any atom is -0.509 e. The largest absolute Gasteiger partial charge is 0.509 e. The molecule has 0 radical (unpaired) electrons. The predicted octanol–water partition coefficient (Wildman–Crippen LogP) is -1.27. The van der Waals surface area contributed by atoms with Crippen molar-refractivity contribution in [1.82, 2.24) is 0 Å². The number of benzene rings is 1. The summed E-state index contributed by atoms with van der Waals surface area (Å²) in [5.41, 5.74) is 1.22. The van der Waals surface area contributed by atoms with E-state index in [1.54, 1.807) is 0 Å². The molecule has 0 bridgehead atoms. The molecule has 4 nitrogen and oxygen atoms in total. The zero-order valence-corrected chi connectivity index (χ0v) is 10.0. The molecule has 0 amide bonds. The second-order valence-corrected chi connectivity index (χ2v) is 4.73. The second kappa shape index (κ2) is 5.18. The molecular weight excluding hydrogens is 217 g/mol. The van der Waals surface area contributed by atoms with Crippen LogP contribution in [0.3, 0.4) is 0 Å². The van der Waals surface area contributed by atoms with Crippen molar-refractivity contribution < 1.29 is 19.6 Å². The first-order valence-corrected chi connectivity index (χ1v) is 6.24. The van der Waals surface area contributed by atoms with E-state index in [4.69, 9.17) is 9.31 Å². The lowest BCUT2D eigenvalue weighted by molar-refractivity contribution is -0.825. The van der Waals surface area contributed by atoms with Crippen LogP contribution in [0.1, 0.15) is 12.8 Å². The number of hydrogen-bond acceptors (Lipinski definition) is 2. The summed E-state index contributed by atoms with van der Waals surface area (Å²) in [6, 6.07) is 10.5. The zero-order valence-electron chi connectivity index (χ0n) is 10.0. The van der Waals surface area contributed by atoms with E-state index in [1.165, 1.54) is 23.4 Å². The monoisotopic (exact) mass is 237 g/mol. The quantitative estimate of drug-likeness (QED) is 0.619. The Morgan fingerprint density at radius 2 is 1.53 bits per heavy atom. The van der Waals surface area contributed by atoms with Gasteiger partial charge in [-0.2, -0.15) is 0 Å². The highest BCUT2D eigenvalue weighted by Crippen LogP contribution is 2.09. The summed E-state index contributed by atoms with van der Waals surface area (Å²) in [6.07, 6.45) is 2.30. The molecule has 2 saturated heterocycles. The molecule has 0 aliphatic carbocycles. The van der Waals surface area contributed by atoms with Crippen molar-refractivity contribution in [2.75, 3.05) is 26.3 Å². The number of nitrogens with one attached hydrogen (secondary N) is 1. The average molecular weight is 237 g/mol. The van der Waals surface area contributed by atoms with E-state index in [0.717, 1.165) is 26.1 Å². The molecule has 3 rings (SSSR count). The van der Waals surface area contributed by atoms with Crippen LogP contribution in [-0.2, 0) is 9.31 Å². The van der Waals surface area contributed by atoms with Gasteiger partial charge in [0.05, 0.1) is 0 Å². The first kappa shape index (κ1) is 12.6. The molecule has 0 spiro atoms. The molecule has 3 N–H and O–H groups in total. The molecule has 2 heterocycles. The Bertz CT molecular complexity index is 348. The fourth-order valence-electron chi connectivity index (χ4n) is 3.02. The molecule has 0 aromatic heterocycles. The van der Waals surface area contributed by atoms with Crippen LogP contribution in [0.4, 0.5) is 0 Å². The maximum Gasteiger partial charge on any atom is 0.500 e. The van der Waals surface area contributed by atoms with Gasteiger partial charge in [-0.05, 0) is 0 Å². The van der Waals surface area contributed by atoms with E-state index in [-0.39, 0.29) is 5.48 Å². The first-order valence-electron chi connectivity index (χ1n) is 6.24. The van der Waals surface area contributed by atoms with Crippen molar-refractivity contribution in [3.63, 3.8) is 0 Å². The number of hydrogen-bond donors (Lipinski definition) is 1. The summed E-state index contributed by atoms with van der Waals surface area (Å²) in [6.45, 7) is 2.76. The molecule has 2 aliphatic rings. The van der Waals surface area contributed by atoms with E-state index in [9.17, 15) is 0 Å².